The predicted octanol–water partition coefficient (Wildman–Crippen LogP) is 3.05. The van der Waals surface area contributed by atoms with Gasteiger partial charge in [0.25, 0.3) is 0 Å². The van der Waals surface area contributed by atoms with Crippen molar-refractivity contribution in [2.24, 2.45) is 5.92 Å². The number of aliphatic carboxylic acids is 1. The molecule has 0 spiro atoms. The number of halogens is 1. The minimum atomic E-state index is -0.822. The molecule has 2 aliphatic rings. The second-order valence-electron chi connectivity index (χ2n) is 5.09. The molecular formula is C14H15ClO5. The number of hydrogen-bond donors (Lipinski definition) is 1. The third kappa shape index (κ3) is 2.26. The Bertz CT molecular complexity index is 553. The van der Waals surface area contributed by atoms with E-state index in [0.717, 1.165) is 18.4 Å². The van der Waals surface area contributed by atoms with E-state index in [-0.39, 0.29) is 19.1 Å². The summed E-state index contributed by atoms with van der Waals surface area (Å²) in [5, 5.41) is 9.47. The molecule has 1 heterocycles. The van der Waals surface area contributed by atoms with Gasteiger partial charge >= 0.3 is 5.97 Å². The number of fused-ring (bicyclic) bond motifs is 1. The van der Waals surface area contributed by atoms with E-state index in [4.69, 9.17) is 30.9 Å². The SMILES string of the molecule is COc1c(C(CC(=O)O)C2CC2)cc2c(c1Cl)OCO2. The molecule has 0 bridgehead atoms. The van der Waals surface area contributed by atoms with Crippen LogP contribution in [-0.4, -0.2) is 25.0 Å². The van der Waals surface area contributed by atoms with Crippen LogP contribution in [0.1, 0.15) is 30.7 Å². The van der Waals surface area contributed by atoms with Gasteiger partial charge in [0.2, 0.25) is 6.79 Å². The molecular weight excluding hydrogens is 284 g/mol. The van der Waals surface area contributed by atoms with E-state index in [1.807, 2.05) is 0 Å². The summed E-state index contributed by atoms with van der Waals surface area (Å²) in [6.45, 7) is 0.120. The van der Waals surface area contributed by atoms with Crippen LogP contribution >= 0.6 is 11.6 Å². The van der Waals surface area contributed by atoms with Crippen LogP contribution in [0.15, 0.2) is 6.07 Å². The van der Waals surface area contributed by atoms with Crippen molar-refractivity contribution >= 4 is 17.6 Å². The molecule has 1 aromatic rings. The van der Waals surface area contributed by atoms with Crippen LogP contribution in [0.5, 0.6) is 17.2 Å². The standard InChI is InChI=1S/C14H15ClO5/c1-18-13-9(8(5-11(16)17)7-2-3-7)4-10-14(12(13)15)20-6-19-10/h4,7-8H,2-3,5-6H2,1H3,(H,16,17). The number of carboxylic acid groups (broad SMARTS) is 1. The quantitative estimate of drug-likeness (QED) is 0.905. The summed E-state index contributed by atoms with van der Waals surface area (Å²) >= 11 is 6.29. The highest BCUT2D eigenvalue weighted by Crippen LogP contribution is 2.53. The third-order valence-electron chi connectivity index (χ3n) is 3.78. The highest BCUT2D eigenvalue weighted by molar-refractivity contribution is 6.34. The minimum absolute atomic E-state index is 0.0665. The maximum atomic E-state index is 11.1. The molecule has 1 fully saturated rings. The van der Waals surface area contributed by atoms with E-state index in [2.05, 4.69) is 0 Å². The molecule has 6 heteroatoms. The smallest absolute Gasteiger partial charge is 0.303 e. The van der Waals surface area contributed by atoms with Crippen LogP contribution in [-0.2, 0) is 4.79 Å². The first-order valence-corrected chi connectivity index (χ1v) is 6.87. The topological polar surface area (TPSA) is 65.0 Å². The van der Waals surface area contributed by atoms with Crippen LogP contribution in [0.4, 0.5) is 0 Å². The zero-order valence-corrected chi connectivity index (χ0v) is 11.8. The number of ether oxygens (including phenoxy) is 3. The molecule has 1 aliphatic carbocycles. The molecule has 1 aromatic carbocycles. The third-order valence-corrected chi connectivity index (χ3v) is 4.12. The number of methoxy groups -OCH3 is 1. The van der Waals surface area contributed by atoms with Gasteiger partial charge < -0.3 is 19.3 Å². The van der Waals surface area contributed by atoms with Crippen LogP contribution < -0.4 is 14.2 Å². The summed E-state index contributed by atoms with van der Waals surface area (Å²) in [5.41, 5.74) is 0.798. The van der Waals surface area contributed by atoms with Gasteiger partial charge in [-0.05, 0) is 24.8 Å². The molecule has 1 unspecified atom stereocenters. The number of carboxylic acids is 1. The largest absolute Gasteiger partial charge is 0.495 e. The first kappa shape index (κ1) is 13.4. The maximum absolute atomic E-state index is 11.1. The normalized spacial score (nSPS) is 17.9. The van der Waals surface area contributed by atoms with E-state index < -0.39 is 5.97 Å². The van der Waals surface area contributed by atoms with E-state index >= 15 is 0 Å². The average molecular weight is 299 g/mol. The molecule has 108 valence electrons. The lowest BCUT2D eigenvalue weighted by molar-refractivity contribution is -0.137. The Morgan fingerprint density at radius 1 is 1.55 bits per heavy atom. The Balaban J connectivity index is 2.06. The number of rotatable bonds is 5. The lowest BCUT2D eigenvalue weighted by Crippen LogP contribution is -2.10. The van der Waals surface area contributed by atoms with Crippen LogP contribution in [0.25, 0.3) is 0 Å². The zero-order chi connectivity index (χ0) is 14.3. The van der Waals surface area contributed by atoms with Gasteiger partial charge in [0.05, 0.1) is 13.5 Å². The Labute approximate surface area is 121 Å². The Morgan fingerprint density at radius 3 is 2.90 bits per heavy atom. The summed E-state index contributed by atoms with van der Waals surface area (Å²) in [4.78, 5) is 11.1. The molecule has 1 aliphatic heterocycles. The Kier molecular flexibility index (Phi) is 3.38. The Morgan fingerprint density at radius 2 is 2.30 bits per heavy atom. The summed E-state index contributed by atoms with van der Waals surface area (Å²) in [6.07, 6.45) is 2.14. The van der Waals surface area contributed by atoms with Crippen molar-refractivity contribution in [1.82, 2.24) is 0 Å². The van der Waals surface area contributed by atoms with Gasteiger partial charge in [-0.3, -0.25) is 4.79 Å². The van der Waals surface area contributed by atoms with Gasteiger partial charge in [0, 0.05) is 11.5 Å². The molecule has 1 saturated carbocycles. The molecule has 5 nitrogen and oxygen atoms in total. The number of benzene rings is 1. The molecule has 0 aromatic heterocycles. The summed E-state index contributed by atoms with van der Waals surface area (Å²) in [6, 6.07) is 1.80. The van der Waals surface area contributed by atoms with Crippen molar-refractivity contribution in [2.75, 3.05) is 13.9 Å². The monoisotopic (exact) mass is 298 g/mol. The van der Waals surface area contributed by atoms with Gasteiger partial charge in [0.1, 0.15) is 10.8 Å². The lowest BCUT2D eigenvalue weighted by Gasteiger charge is -2.19. The van der Waals surface area contributed by atoms with Crippen LogP contribution in [0, 0.1) is 5.92 Å². The van der Waals surface area contributed by atoms with E-state index in [1.165, 1.54) is 7.11 Å². The minimum Gasteiger partial charge on any atom is -0.495 e. The summed E-state index contributed by atoms with van der Waals surface area (Å²) in [7, 11) is 1.53. The van der Waals surface area contributed by atoms with Crippen molar-refractivity contribution in [2.45, 2.75) is 25.2 Å². The molecule has 1 atom stereocenters. The Hall–Kier alpha value is -1.62. The average Bonchev–Trinajstić information content (AvgIpc) is 3.13. The second kappa shape index (κ2) is 5.05. The summed E-state index contributed by atoms with van der Waals surface area (Å²) < 4.78 is 16.1. The first-order valence-electron chi connectivity index (χ1n) is 6.49. The van der Waals surface area contributed by atoms with Crippen molar-refractivity contribution < 1.29 is 24.1 Å². The highest BCUT2D eigenvalue weighted by atomic mass is 35.5. The lowest BCUT2D eigenvalue weighted by atomic mass is 9.90. The van der Waals surface area contributed by atoms with Crippen LogP contribution in [0.2, 0.25) is 5.02 Å². The van der Waals surface area contributed by atoms with Gasteiger partial charge in [-0.1, -0.05) is 11.6 Å². The maximum Gasteiger partial charge on any atom is 0.303 e. The summed E-state index contributed by atoms with van der Waals surface area (Å²) in [5.74, 6) is 0.969. The number of carbonyl (C=O) groups is 1. The predicted molar refractivity (Wildman–Crippen MR) is 71.8 cm³/mol. The van der Waals surface area contributed by atoms with Gasteiger partial charge in [-0.25, -0.2) is 0 Å². The van der Waals surface area contributed by atoms with Crippen molar-refractivity contribution in [1.29, 1.82) is 0 Å². The molecule has 0 saturated heterocycles. The van der Waals surface area contributed by atoms with Crippen LogP contribution in [0.3, 0.4) is 0 Å². The number of hydrogen-bond acceptors (Lipinski definition) is 4. The van der Waals surface area contributed by atoms with Crippen molar-refractivity contribution in [3.05, 3.63) is 16.7 Å². The zero-order valence-electron chi connectivity index (χ0n) is 11.0. The highest BCUT2D eigenvalue weighted by Gasteiger charge is 2.37. The first-order chi connectivity index (χ1) is 9.61. The fourth-order valence-corrected chi connectivity index (χ4v) is 3.04. The van der Waals surface area contributed by atoms with E-state index in [1.54, 1.807) is 6.07 Å². The fourth-order valence-electron chi connectivity index (χ4n) is 2.70. The molecule has 0 radical (unpaired) electrons. The van der Waals surface area contributed by atoms with Crippen molar-refractivity contribution in [3.8, 4) is 17.2 Å². The molecule has 20 heavy (non-hydrogen) atoms. The van der Waals surface area contributed by atoms with Gasteiger partial charge in [-0.15, -0.1) is 0 Å². The van der Waals surface area contributed by atoms with E-state index in [0.29, 0.717) is 28.2 Å². The molecule has 1 N–H and O–H groups in total. The van der Waals surface area contributed by atoms with Crippen molar-refractivity contribution in [3.63, 3.8) is 0 Å². The van der Waals surface area contributed by atoms with Gasteiger partial charge in [-0.2, -0.15) is 0 Å². The van der Waals surface area contributed by atoms with E-state index in [9.17, 15) is 4.79 Å². The molecule has 0 amide bonds. The second-order valence-corrected chi connectivity index (χ2v) is 5.47. The fraction of sp³-hybridized carbons (Fsp3) is 0.500. The molecule has 3 rings (SSSR count). The van der Waals surface area contributed by atoms with Gasteiger partial charge in [0.15, 0.2) is 11.5 Å².